The van der Waals surface area contributed by atoms with Crippen LogP contribution < -0.4 is 5.32 Å². The Morgan fingerprint density at radius 2 is 2.00 bits per heavy atom. The van der Waals surface area contributed by atoms with Crippen molar-refractivity contribution >= 4 is 5.91 Å². The summed E-state index contributed by atoms with van der Waals surface area (Å²) in [6, 6.07) is 9.96. The molecule has 6 heteroatoms. The van der Waals surface area contributed by atoms with Crippen molar-refractivity contribution in [3.05, 3.63) is 60.2 Å². The summed E-state index contributed by atoms with van der Waals surface area (Å²) >= 11 is 0. The second-order valence-corrected chi connectivity index (χ2v) is 6.16. The zero-order chi connectivity index (χ0) is 17.5. The third-order valence-corrected chi connectivity index (χ3v) is 4.48. The van der Waals surface area contributed by atoms with E-state index in [0.29, 0.717) is 32.8 Å². The molecule has 0 bridgehead atoms. The summed E-state index contributed by atoms with van der Waals surface area (Å²) in [6.07, 6.45) is 5.09. The zero-order valence-electron chi connectivity index (χ0n) is 14.5. The molecule has 1 fully saturated rings. The molecule has 1 amide bonds. The van der Waals surface area contributed by atoms with Gasteiger partial charge in [0, 0.05) is 44.3 Å². The Hall–Kier alpha value is -2.31. The van der Waals surface area contributed by atoms with Crippen LogP contribution in [-0.2, 0) is 9.53 Å². The van der Waals surface area contributed by atoms with Gasteiger partial charge in [0.05, 0.1) is 24.8 Å². The van der Waals surface area contributed by atoms with Crippen LogP contribution in [0.1, 0.15) is 30.1 Å². The predicted octanol–water partition coefficient (Wildman–Crippen LogP) is 1.77. The van der Waals surface area contributed by atoms with Crippen molar-refractivity contribution in [1.82, 2.24) is 20.2 Å². The third kappa shape index (κ3) is 4.61. The first-order valence-electron chi connectivity index (χ1n) is 8.66. The normalized spacial score (nSPS) is 17.1. The molecule has 2 atom stereocenters. The summed E-state index contributed by atoms with van der Waals surface area (Å²) in [5.41, 5.74) is 1.89. The largest absolute Gasteiger partial charge is 0.378 e. The minimum atomic E-state index is -0.224. The number of hydrogen-bond acceptors (Lipinski definition) is 5. The monoisotopic (exact) mass is 340 g/mol. The van der Waals surface area contributed by atoms with Crippen LogP contribution in [0, 0.1) is 0 Å². The van der Waals surface area contributed by atoms with E-state index in [0.717, 1.165) is 11.3 Å². The maximum Gasteiger partial charge on any atom is 0.231 e. The molecule has 1 N–H and O–H groups in total. The Morgan fingerprint density at radius 3 is 2.68 bits per heavy atom. The van der Waals surface area contributed by atoms with Gasteiger partial charge in [0.2, 0.25) is 5.91 Å². The molecule has 2 heterocycles. The number of hydrogen-bond donors (Lipinski definition) is 1. The lowest BCUT2D eigenvalue weighted by Crippen LogP contribution is -2.45. The van der Waals surface area contributed by atoms with E-state index >= 15 is 0 Å². The first kappa shape index (κ1) is 17.5. The summed E-state index contributed by atoms with van der Waals surface area (Å²) in [7, 11) is 0. The maximum atomic E-state index is 13.1. The number of benzene rings is 1. The number of carbonyl (C=O) groups excluding carboxylic acids is 1. The highest BCUT2D eigenvalue weighted by Crippen LogP contribution is 2.20. The molecule has 1 aliphatic heterocycles. The minimum Gasteiger partial charge on any atom is -0.378 e. The SMILES string of the molecule is CC(NCC(C(=O)N1CCOCC1)c1ccccc1)c1cnccn1. The molecule has 2 aromatic rings. The highest BCUT2D eigenvalue weighted by molar-refractivity contribution is 5.84. The number of aromatic nitrogens is 2. The van der Waals surface area contributed by atoms with Gasteiger partial charge in [0.25, 0.3) is 0 Å². The predicted molar refractivity (Wildman–Crippen MR) is 95.0 cm³/mol. The van der Waals surface area contributed by atoms with E-state index in [2.05, 4.69) is 15.3 Å². The number of rotatable bonds is 6. The number of carbonyl (C=O) groups is 1. The lowest BCUT2D eigenvalue weighted by atomic mass is 9.96. The Morgan fingerprint density at radius 1 is 1.24 bits per heavy atom. The molecule has 1 saturated heterocycles. The Bertz CT molecular complexity index is 660. The maximum absolute atomic E-state index is 13.1. The number of morpholine rings is 1. The Balaban J connectivity index is 1.71. The lowest BCUT2D eigenvalue weighted by Gasteiger charge is -2.31. The third-order valence-electron chi connectivity index (χ3n) is 4.48. The van der Waals surface area contributed by atoms with Crippen LogP contribution in [0.15, 0.2) is 48.9 Å². The molecule has 2 unspecified atom stereocenters. The van der Waals surface area contributed by atoms with Gasteiger partial charge < -0.3 is 15.0 Å². The summed E-state index contributed by atoms with van der Waals surface area (Å²) in [5.74, 6) is -0.0771. The van der Waals surface area contributed by atoms with Gasteiger partial charge in [-0.25, -0.2) is 0 Å². The van der Waals surface area contributed by atoms with Crippen molar-refractivity contribution in [2.45, 2.75) is 18.9 Å². The second-order valence-electron chi connectivity index (χ2n) is 6.16. The molecule has 1 aliphatic rings. The van der Waals surface area contributed by atoms with E-state index in [1.54, 1.807) is 18.6 Å². The van der Waals surface area contributed by atoms with E-state index in [1.807, 2.05) is 42.2 Å². The highest BCUT2D eigenvalue weighted by Gasteiger charge is 2.27. The van der Waals surface area contributed by atoms with Crippen LogP contribution in [0.5, 0.6) is 0 Å². The van der Waals surface area contributed by atoms with Gasteiger partial charge in [-0.15, -0.1) is 0 Å². The second kappa shape index (κ2) is 8.69. The molecule has 0 saturated carbocycles. The quantitative estimate of drug-likeness (QED) is 0.868. The summed E-state index contributed by atoms with van der Waals surface area (Å²) in [4.78, 5) is 23.4. The van der Waals surface area contributed by atoms with Crippen molar-refractivity contribution in [3.63, 3.8) is 0 Å². The molecule has 0 aliphatic carbocycles. The molecule has 1 aromatic heterocycles. The fraction of sp³-hybridized carbons (Fsp3) is 0.421. The number of amides is 1. The van der Waals surface area contributed by atoms with Crippen LogP contribution in [-0.4, -0.2) is 53.6 Å². The van der Waals surface area contributed by atoms with Crippen LogP contribution in [0.2, 0.25) is 0 Å². The Labute approximate surface area is 148 Å². The smallest absolute Gasteiger partial charge is 0.231 e. The molecular weight excluding hydrogens is 316 g/mol. The fourth-order valence-corrected chi connectivity index (χ4v) is 2.97. The number of nitrogens with one attached hydrogen (secondary N) is 1. The van der Waals surface area contributed by atoms with Gasteiger partial charge in [0.1, 0.15) is 0 Å². The zero-order valence-corrected chi connectivity index (χ0v) is 14.5. The minimum absolute atomic E-state index is 0.0254. The molecule has 1 aromatic carbocycles. The summed E-state index contributed by atoms with van der Waals surface area (Å²) < 4.78 is 5.37. The van der Waals surface area contributed by atoms with Gasteiger partial charge in [-0.2, -0.15) is 0 Å². The van der Waals surface area contributed by atoms with Crippen LogP contribution in [0.25, 0.3) is 0 Å². The van der Waals surface area contributed by atoms with Gasteiger partial charge >= 0.3 is 0 Å². The fourth-order valence-electron chi connectivity index (χ4n) is 2.97. The van der Waals surface area contributed by atoms with E-state index < -0.39 is 0 Å². The standard InChI is InChI=1S/C19H24N4O2/c1-15(18-14-20-7-8-21-18)22-13-17(16-5-3-2-4-6-16)19(24)23-9-11-25-12-10-23/h2-8,14-15,17,22H,9-13H2,1H3. The van der Waals surface area contributed by atoms with Crippen molar-refractivity contribution < 1.29 is 9.53 Å². The first-order chi connectivity index (χ1) is 12.3. The highest BCUT2D eigenvalue weighted by atomic mass is 16.5. The van der Waals surface area contributed by atoms with Crippen molar-refractivity contribution in [1.29, 1.82) is 0 Å². The van der Waals surface area contributed by atoms with Gasteiger partial charge in [-0.3, -0.25) is 14.8 Å². The topological polar surface area (TPSA) is 67.4 Å². The van der Waals surface area contributed by atoms with Gasteiger partial charge in [0.15, 0.2) is 0 Å². The van der Waals surface area contributed by atoms with E-state index in [9.17, 15) is 4.79 Å². The average molecular weight is 340 g/mol. The molecule has 25 heavy (non-hydrogen) atoms. The number of nitrogens with zero attached hydrogens (tertiary/aromatic N) is 3. The van der Waals surface area contributed by atoms with E-state index in [-0.39, 0.29) is 17.9 Å². The molecule has 0 radical (unpaired) electrons. The average Bonchev–Trinajstić information content (AvgIpc) is 2.70. The van der Waals surface area contributed by atoms with Gasteiger partial charge in [-0.1, -0.05) is 30.3 Å². The van der Waals surface area contributed by atoms with Crippen molar-refractivity contribution in [3.8, 4) is 0 Å². The van der Waals surface area contributed by atoms with Crippen LogP contribution in [0.3, 0.4) is 0 Å². The molecule has 3 rings (SSSR count). The molecular formula is C19H24N4O2. The molecule has 6 nitrogen and oxygen atoms in total. The first-order valence-corrected chi connectivity index (χ1v) is 8.66. The van der Waals surface area contributed by atoms with Crippen LogP contribution >= 0.6 is 0 Å². The van der Waals surface area contributed by atoms with Crippen molar-refractivity contribution in [2.24, 2.45) is 0 Å². The lowest BCUT2D eigenvalue weighted by molar-refractivity contribution is -0.136. The van der Waals surface area contributed by atoms with E-state index in [1.165, 1.54) is 0 Å². The number of ether oxygens (including phenoxy) is 1. The molecule has 132 valence electrons. The Kier molecular flexibility index (Phi) is 6.09. The van der Waals surface area contributed by atoms with Crippen LogP contribution in [0.4, 0.5) is 0 Å². The van der Waals surface area contributed by atoms with Gasteiger partial charge in [-0.05, 0) is 12.5 Å². The molecule has 0 spiro atoms. The van der Waals surface area contributed by atoms with E-state index in [4.69, 9.17) is 4.74 Å². The van der Waals surface area contributed by atoms with Crippen molar-refractivity contribution in [2.75, 3.05) is 32.8 Å². The summed E-state index contributed by atoms with van der Waals surface area (Å²) in [6.45, 7) is 5.11. The summed E-state index contributed by atoms with van der Waals surface area (Å²) in [5, 5.41) is 3.44.